The van der Waals surface area contributed by atoms with Crippen LogP contribution in [0, 0.1) is 0 Å². The molecule has 0 aliphatic heterocycles. The van der Waals surface area contributed by atoms with Gasteiger partial charge in [-0.05, 0) is 47.4 Å². The zero-order valence-electron chi connectivity index (χ0n) is 20.2. The Morgan fingerprint density at radius 3 is 2.30 bits per heavy atom. The minimum absolute atomic E-state index is 0.156. The van der Waals surface area contributed by atoms with E-state index in [2.05, 4.69) is 9.97 Å². The molecule has 1 aromatic heterocycles. The summed E-state index contributed by atoms with van der Waals surface area (Å²) in [4.78, 5) is 20.1. The number of ether oxygens (including phenoxy) is 1. The van der Waals surface area contributed by atoms with Gasteiger partial charge in [0.2, 0.25) is 10.0 Å². The number of halogens is 1. The molecule has 4 aromatic rings. The number of benzene rings is 3. The Labute approximate surface area is 221 Å². The number of carbonyl (C=O) groups is 1. The zero-order chi connectivity index (χ0) is 26.3. The lowest BCUT2D eigenvalue weighted by Gasteiger charge is -2.23. The van der Waals surface area contributed by atoms with E-state index < -0.39 is 10.0 Å². The Bertz CT molecular complexity index is 1450. The van der Waals surface area contributed by atoms with Crippen LogP contribution in [0.25, 0.3) is 11.3 Å². The molecule has 0 radical (unpaired) electrons. The molecule has 0 bridgehead atoms. The predicted octanol–water partition coefficient (Wildman–Crippen LogP) is 5.29. The van der Waals surface area contributed by atoms with Gasteiger partial charge in [0.25, 0.3) is 0 Å². The van der Waals surface area contributed by atoms with E-state index in [1.54, 1.807) is 30.7 Å². The summed E-state index contributed by atoms with van der Waals surface area (Å²) in [5, 5.41) is 0.461. The molecule has 0 aliphatic rings. The smallest absolute Gasteiger partial charge is 0.305 e. The van der Waals surface area contributed by atoms with Crippen LogP contribution < -0.4 is 0 Å². The Balaban J connectivity index is 1.61. The topological polar surface area (TPSA) is 89.5 Å². The van der Waals surface area contributed by atoms with E-state index in [-0.39, 0.29) is 30.4 Å². The van der Waals surface area contributed by atoms with Crippen LogP contribution in [0.4, 0.5) is 0 Å². The molecule has 0 fully saturated rings. The second kappa shape index (κ2) is 12.1. The molecule has 0 atom stereocenters. The molecule has 0 amide bonds. The Morgan fingerprint density at radius 1 is 0.919 bits per heavy atom. The highest BCUT2D eigenvalue weighted by atomic mass is 35.5. The molecular formula is C28H26ClN3O4S. The number of aryl methyl sites for hydroxylation is 1. The van der Waals surface area contributed by atoms with Gasteiger partial charge in [0.15, 0.2) is 0 Å². The first kappa shape index (κ1) is 26.5. The fraction of sp³-hybridized carbons (Fsp3) is 0.179. The predicted molar refractivity (Wildman–Crippen MR) is 142 cm³/mol. The summed E-state index contributed by atoms with van der Waals surface area (Å²) in [6, 6.07) is 21.3. The van der Waals surface area contributed by atoms with Gasteiger partial charge in [0, 0.05) is 42.5 Å². The van der Waals surface area contributed by atoms with Crippen molar-refractivity contribution in [1.82, 2.24) is 14.3 Å². The molecule has 190 valence electrons. The maximum atomic E-state index is 13.7. The second-order valence-corrected chi connectivity index (χ2v) is 10.8. The summed E-state index contributed by atoms with van der Waals surface area (Å²) in [5.74, 6) is -0.290. The maximum Gasteiger partial charge on any atom is 0.305 e. The van der Waals surface area contributed by atoms with Crippen LogP contribution in [0.5, 0.6) is 0 Å². The summed E-state index contributed by atoms with van der Waals surface area (Å²) >= 11 is 6.00. The van der Waals surface area contributed by atoms with E-state index in [1.165, 1.54) is 23.5 Å². The van der Waals surface area contributed by atoms with Crippen molar-refractivity contribution in [3.63, 3.8) is 0 Å². The van der Waals surface area contributed by atoms with E-state index >= 15 is 0 Å². The van der Waals surface area contributed by atoms with Crippen molar-refractivity contribution in [1.29, 1.82) is 0 Å². The summed E-state index contributed by atoms with van der Waals surface area (Å²) in [6.07, 6.45) is 5.68. The molecule has 0 N–H and O–H groups in total. The molecule has 0 saturated heterocycles. The molecular weight excluding hydrogens is 510 g/mol. The number of methoxy groups -OCH3 is 1. The lowest BCUT2D eigenvalue weighted by atomic mass is 10.1. The Morgan fingerprint density at radius 2 is 1.62 bits per heavy atom. The van der Waals surface area contributed by atoms with Crippen LogP contribution in [0.1, 0.15) is 23.1 Å². The van der Waals surface area contributed by atoms with Gasteiger partial charge >= 0.3 is 5.97 Å². The summed E-state index contributed by atoms with van der Waals surface area (Å²) < 4.78 is 33.5. The van der Waals surface area contributed by atoms with Gasteiger partial charge in [0.05, 0.1) is 23.9 Å². The van der Waals surface area contributed by atoms with Gasteiger partial charge in [-0.25, -0.2) is 8.42 Å². The largest absolute Gasteiger partial charge is 0.469 e. The number of esters is 1. The first-order valence-electron chi connectivity index (χ1n) is 11.6. The highest BCUT2D eigenvalue weighted by Gasteiger charge is 2.25. The highest BCUT2D eigenvalue weighted by Crippen LogP contribution is 2.24. The van der Waals surface area contributed by atoms with E-state index in [4.69, 9.17) is 16.3 Å². The number of hydrogen-bond donors (Lipinski definition) is 0. The second-order valence-electron chi connectivity index (χ2n) is 8.41. The summed E-state index contributed by atoms with van der Waals surface area (Å²) in [6.45, 7) is 0.320. The number of sulfonamides is 1. The Kier molecular flexibility index (Phi) is 8.66. The molecule has 0 saturated carbocycles. The highest BCUT2D eigenvalue weighted by molar-refractivity contribution is 7.89. The third-order valence-electron chi connectivity index (χ3n) is 5.82. The van der Waals surface area contributed by atoms with Gasteiger partial charge in [0.1, 0.15) is 0 Å². The quantitative estimate of drug-likeness (QED) is 0.256. The number of rotatable bonds is 10. The van der Waals surface area contributed by atoms with Gasteiger partial charge in [-0.2, -0.15) is 4.31 Å². The molecule has 7 nitrogen and oxygen atoms in total. The number of carbonyl (C=O) groups excluding carboxylic acids is 1. The van der Waals surface area contributed by atoms with Crippen molar-refractivity contribution in [2.24, 2.45) is 0 Å². The van der Waals surface area contributed by atoms with Gasteiger partial charge in [-0.3, -0.25) is 14.8 Å². The van der Waals surface area contributed by atoms with Crippen LogP contribution in [0.2, 0.25) is 5.02 Å². The SMILES string of the molecule is COC(=O)CCc1cccc(CN(Cc2ccc(-c3cnccn3)cc2)S(=O)(=O)c2ccc(Cl)cc2)c1. The standard InChI is InChI=1S/C28H26ClN3O4S/c1-36-28(33)14-7-21-3-2-4-23(17-21)20-32(37(34,35)26-12-10-25(29)11-13-26)19-22-5-8-24(9-6-22)27-18-30-15-16-31-27/h2-6,8-13,15-18H,7,14,19-20H2,1H3. The molecule has 0 unspecified atom stereocenters. The van der Waals surface area contributed by atoms with E-state index in [0.717, 1.165) is 27.9 Å². The van der Waals surface area contributed by atoms with Crippen molar-refractivity contribution in [2.75, 3.05) is 7.11 Å². The van der Waals surface area contributed by atoms with E-state index in [9.17, 15) is 13.2 Å². The minimum atomic E-state index is -3.84. The normalized spacial score (nSPS) is 11.4. The van der Waals surface area contributed by atoms with Crippen LogP contribution in [-0.4, -0.2) is 35.8 Å². The molecule has 0 spiro atoms. The average Bonchev–Trinajstić information content (AvgIpc) is 2.92. The van der Waals surface area contributed by atoms with Crippen LogP contribution >= 0.6 is 11.6 Å². The molecule has 4 rings (SSSR count). The lowest BCUT2D eigenvalue weighted by Crippen LogP contribution is -2.30. The third-order valence-corrected chi connectivity index (χ3v) is 7.88. The van der Waals surface area contributed by atoms with Crippen LogP contribution in [-0.2, 0) is 39.1 Å². The van der Waals surface area contributed by atoms with Crippen molar-refractivity contribution in [3.8, 4) is 11.3 Å². The molecule has 0 aliphatic carbocycles. The van der Waals surface area contributed by atoms with Gasteiger partial charge < -0.3 is 4.74 Å². The van der Waals surface area contributed by atoms with Crippen LogP contribution in [0.15, 0.2) is 96.3 Å². The van der Waals surface area contributed by atoms with Gasteiger partial charge in [-0.1, -0.05) is 60.1 Å². The van der Waals surface area contributed by atoms with Crippen LogP contribution in [0.3, 0.4) is 0 Å². The number of nitrogens with zero attached hydrogens (tertiary/aromatic N) is 3. The number of hydrogen-bond acceptors (Lipinski definition) is 6. The molecule has 9 heteroatoms. The van der Waals surface area contributed by atoms with Crippen molar-refractivity contribution in [2.45, 2.75) is 30.8 Å². The Hall–Kier alpha value is -3.59. The van der Waals surface area contributed by atoms with Crippen molar-refractivity contribution < 1.29 is 17.9 Å². The fourth-order valence-electron chi connectivity index (χ4n) is 3.85. The van der Waals surface area contributed by atoms with E-state index in [0.29, 0.717) is 11.4 Å². The van der Waals surface area contributed by atoms with Gasteiger partial charge in [-0.15, -0.1) is 0 Å². The molecule has 1 heterocycles. The monoisotopic (exact) mass is 535 g/mol. The van der Waals surface area contributed by atoms with Crippen molar-refractivity contribution in [3.05, 3.63) is 113 Å². The lowest BCUT2D eigenvalue weighted by molar-refractivity contribution is -0.140. The first-order valence-corrected chi connectivity index (χ1v) is 13.4. The maximum absolute atomic E-state index is 13.7. The molecule has 37 heavy (non-hydrogen) atoms. The minimum Gasteiger partial charge on any atom is -0.469 e. The summed E-state index contributed by atoms with van der Waals surface area (Å²) in [7, 11) is -2.48. The number of aromatic nitrogens is 2. The third kappa shape index (κ3) is 7.01. The molecule has 3 aromatic carbocycles. The summed E-state index contributed by atoms with van der Waals surface area (Å²) in [5.41, 5.74) is 4.20. The average molecular weight is 536 g/mol. The van der Waals surface area contributed by atoms with E-state index in [1.807, 2.05) is 48.5 Å². The zero-order valence-corrected chi connectivity index (χ0v) is 21.8. The fourth-order valence-corrected chi connectivity index (χ4v) is 5.39. The van der Waals surface area contributed by atoms with Crippen molar-refractivity contribution >= 4 is 27.6 Å². The first-order chi connectivity index (χ1) is 17.8.